The molecule has 0 bridgehead atoms. The van der Waals surface area contributed by atoms with Gasteiger partial charge in [-0.25, -0.2) is 0 Å². The molecule has 0 aliphatic heterocycles. The van der Waals surface area contributed by atoms with E-state index >= 15 is 0 Å². The van der Waals surface area contributed by atoms with Crippen LogP contribution in [0.15, 0.2) is 18.5 Å². The highest BCUT2D eigenvalue weighted by Crippen LogP contribution is 2.04. The summed E-state index contributed by atoms with van der Waals surface area (Å²) in [6.07, 6.45) is 5.26. The Kier molecular flexibility index (Phi) is 3.62. The molecule has 69 valence electrons. The van der Waals surface area contributed by atoms with Crippen LogP contribution in [-0.4, -0.2) is 10.8 Å². The summed E-state index contributed by atoms with van der Waals surface area (Å²) >= 11 is 0. The summed E-state index contributed by atoms with van der Waals surface area (Å²) in [4.78, 5) is 15.3. The summed E-state index contributed by atoms with van der Waals surface area (Å²) in [6.45, 7) is 5.62. The maximum absolute atomic E-state index is 11.3. The van der Waals surface area contributed by atoms with Crippen molar-refractivity contribution in [2.24, 2.45) is 0 Å². The van der Waals surface area contributed by atoms with Crippen molar-refractivity contribution in [2.45, 2.75) is 26.2 Å². The molecule has 0 amide bonds. The van der Waals surface area contributed by atoms with Crippen LogP contribution in [0.1, 0.15) is 24.0 Å². The van der Waals surface area contributed by atoms with Gasteiger partial charge >= 0.3 is 0 Å². The van der Waals surface area contributed by atoms with Gasteiger partial charge in [0.1, 0.15) is 5.78 Å². The molecule has 1 aromatic rings. The predicted molar refractivity (Wildman–Crippen MR) is 52.3 cm³/mol. The van der Waals surface area contributed by atoms with Crippen LogP contribution in [0.4, 0.5) is 0 Å². The number of Topliss-reactive ketones (excluding diaryl/α,β-unsaturated/α-hetero) is 1. The van der Waals surface area contributed by atoms with Gasteiger partial charge in [0.05, 0.1) is 0 Å². The molecule has 0 spiro atoms. The van der Waals surface area contributed by atoms with Gasteiger partial charge in [-0.15, -0.1) is 0 Å². The predicted octanol–water partition coefficient (Wildman–Crippen LogP) is 2.12. The van der Waals surface area contributed by atoms with Crippen molar-refractivity contribution in [1.29, 1.82) is 0 Å². The minimum Gasteiger partial charge on any atom is -0.299 e. The summed E-state index contributed by atoms with van der Waals surface area (Å²) in [6, 6.07) is 1.99. The van der Waals surface area contributed by atoms with Crippen molar-refractivity contribution in [2.75, 3.05) is 0 Å². The molecule has 0 fully saturated rings. The first-order valence-electron chi connectivity index (χ1n) is 4.44. The lowest BCUT2D eigenvalue weighted by Crippen LogP contribution is -2.02. The van der Waals surface area contributed by atoms with E-state index in [1.807, 2.05) is 13.0 Å². The highest BCUT2D eigenvalue weighted by Gasteiger charge is 2.02. The standard InChI is InChI=1S/C11H14NO/c1-3-4-11(13)6-10-5-9(2)7-12-8-10/h5,7-8H,1,3-4,6H2,2H3. The molecule has 1 heterocycles. The molecule has 0 unspecified atom stereocenters. The highest BCUT2D eigenvalue weighted by molar-refractivity contribution is 5.80. The third-order valence-electron chi connectivity index (χ3n) is 1.79. The number of carbonyl (C=O) groups is 1. The van der Waals surface area contributed by atoms with Crippen LogP contribution >= 0.6 is 0 Å². The first-order valence-corrected chi connectivity index (χ1v) is 4.44. The topological polar surface area (TPSA) is 30.0 Å². The maximum Gasteiger partial charge on any atom is 0.137 e. The van der Waals surface area contributed by atoms with Crippen LogP contribution in [0, 0.1) is 13.8 Å². The first kappa shape index (κ1) is 9.90. The molecule has 1 rings (SSSR count). The van der Waals surface area contributed by atoms with Gasteiger partial charge in [-0.05, 0) is 24.5 Å². The van der Waals surface area contributed by atoms with Crippen molar-refractivity contribution in [1.82, 2.24) is 4.98 Å². The molecule has 0 saturated heterocycles. The van der Waals surface area contributed by atoms with Gasteiger partial charge < -0.3 is 0 Å². The zero-order valence-electron chi connectivity index (χ0n) is 7.92. The smallest absolute Gasteiger partial charge is 0.137 e. The van der Waals surface area contributed by atoms with Crippen LogP contribution in [-0.2, 0) is 11.2 Å². The second kappa shape index (κ2) is 4.75. The molecule has 0 aliphatic rings. The first-order chi connectivity index (χ1) is 6.22. The lowest BCUT2D eigenvalue weighted by molar-refractivity contribution is -0.118. The number of aromatic nitrogens is 1. The summed E-state index contributed by atoms with van der Waals surface area (Å²) < 4.78 is 0. The van der Waals surface area contributed by atoms with Gasteiger partial charge in [0.25, 0.3) is 0 Å². The van der Waals surface area contributed by atoms with Crippen LogP contribution in [0.5, 0.6) is 0 Å². The van der Waals surface area contributed by atoms with Gasteiger partial charge in [-0.1, -0.05) is 13.0 Å². The van der Waals surface area contributed by atoms with Crippen molar-refractivity contribution >= 4 is 5.78 Å². The fourth-order valence-electron chi connectivity index (χ4n) is 1.23. The average Bonchev–Trinajstić information content (AvgIpc) is 2.04. The number of hydrogen-bond donors (Lipinski definition) is 0. The quantitative estimate of drug-likeness (QED) is 0.703. The Morgan fingerprint density at radius 2 is 2.31 bits per heavy atom. The van der Waals surface area contributed by atoms with Crippen molar-refractivity contribution in [3.05, 3.63) is 36.5 Å². The van der Waals surface area contributed by atoms with Gasteiger partial charge in [0, 0.05) is 25.2 Å². The molecule has 1 aromatic heterocycles. The molecular weight excluding hydrogens is 162 g/mol. The van der Waals surface area contributed by atoms with Gasteiger partial charge in [-0.3, -0.25) is 9.78 Å². The third kappa shape index (κ3) is 3.36. The van der Waals surface area contributed by atoms with Gasteiger partial charge in [0.15, 0.2) is 0 Å². The molecule has 0 saturated carbocycles. The number of carbonyl (C=O) groups excluding carboxylic acids is 1. The SMILES string of the molecule is [CH2]CCC(=O)Cc1cncc(C)c1. The maximum atomic E-state index is 11.3. The van der Waals surface area contributed by atoms with Crippen molar-refractivity contribution in [3.8, 4) is 0 Å². The van der Waals surface area contributed by atoms with Crippen LogP contribution in [0.3, 0.4) is 0 Å². The number of nitrogens with zero attached hydrogens (tertiary/aromatic N) is 1. The van der Waals surface area contributed by atoms with E-state index in [2.05, 4.69) is 11.9 Å². The Hall–Kier alpha value is -1.18. The summed E-state index contributed by atoms with van der Waals surface area (Å²) in [5, 5.41) is 0. The fraction of sp³-hybridized carbons (Fsp3) is 0.364. The largest absolute Gasteiger partial charge is 0.299 e. The van der Waals surface area contributed by atoms with E-state index in [0.717, 1.165) is 11.1 Å². The normalized spacial score (nSPS) is 10.0. The zero-order chi connectivity index (χ0) is 9.68. The lowest BCUT2D eigenvalue weighted by atomic mass is 10.1. The van der Waals surface area contributed by atoms with Crippen molar-refractivity contribution in [3.63, 3.8) is 0 Å². The Bertz CT molecular complexity index is 294. The number of pyridine rings is 1. The van der Waals surface area contributed by atoms with Crippen LogP contribution in [0.2, 0.25) is 0 Å². The molecule has 0 N–H and O–H groups in total. The monoisotopic (exact) mass is 176 g/mol. The lowest BCUT2D eigenvalue weighted by Gasteiger charge is -1.99. The number of ketones is 1. The van der Waals surface area contributed by atoms with E-state index in [9.17, 15) is 4.79 Å². The Morgan fingerprint density at radius 1 is 1.54 bits per heavy atom. The van der Waals surface area contributed by atoms with Gasteiger partial charge in [-0.2, -0.15) is 0 Å². The Morgan fingerprint density at radius 3 is 2.92 bits per heavy atom. The highest BCUT2D eigenvalue weighted by atomic mass is 16.1. The molecule has 0 aromatic carbocycles. The minimum atomic E-state index is 0.238. The molecule has 0 aliphatic carbocycles. The zero-order valence-corrected chi connectivity index (χ0v) is 7.92. The number of aryl methyl sites for hydroxylation is 1. The Balaban J connectivity index is 2.58. The Labute approximate surface area is 79.0 Å². The third-order valence-corrected chi connectivity index (χ3v) is 1.79. The van der Waals surface area contributed by atoms with E-state index in [1.54, 1.807) is 12.4 Å². The minimum absolute atomic E-state index is 0.238. The summed E-state index contributed by atoms with van der Waals surface area (Å²) in [7, 11) is 0. The molecule has 2 nitrogen and oxygen atoms in total. The summed E-state index contributed by atoms with van der Waals surface area (Å²) in [5.74, 6) is 0.238. The van der Waals surface area contributed by atoms with Crippen LogP contribution in [0.25, 0.3) is 0 Å². The van der Waals surface area contributed by atoms with E-state index in [1.165, 1.54) is 0 Å². The number of hydrogen-bond acceptors (Lipinski definition) is 2. The molecule has 2 heteroatoms. The second-order valence-corrected chi connectivity index (χ2v) is 3.19. The molecule has 0 atom stereocenters. The van der Waals surface area contributed by atoms with E-state index in [4.69, 9.17) is 0 Å². The fourth-order valence-corrected chi connectivity index (χ4v) is 1.23. The summed E-state index contributed by atoms with van der Waals surface area (Å²) in [5.41, 5.74) is 2.10. The average molecular weight is 176 g/mol. The van der Waals surface area contributed by atoms with E-state index in [0.29, 0.717) is 19.3 Å². The second-order valence-electron chi connectivity index (χ2n) is 3.19. The van der Waals surface area contributed by atoms with E-state index in [-0.39, 0.29) is 5.78 Å². The van der Waals surface area contributed by atoms with Gasteiger partial charge in [0.2, 0.25) is 0 Å². The van der Waals surface area contributed by atoms with Crippen molar-refractivity contribution < 1.29 is 4.79 Å². The molecular formula is C11H14NO. The van der Waals surface area contributed by atoms with E-state index < -0.39 is 0 Å². The van der Waals surface area contributed by atoms with Crippen LogP contribution < -0.4 is 0 Å². The molecule has 13 heavy (non-hydrogen) atoms. The number of rotatable bonds is 4. The molecule has 1 radical (unpaired) electrons.